The second-order valence-corrected chi connectivity index (χ2v) is 7.61. The van der Waals surface area contributed by atoms with Gasteiger partial charge in [0, 0.05) is 27.7 Å². The van der Waals surface area contributed by atoms with E-state index in [-0.39, 0.29) is 12.0 Å². The lowest BCUT2D eigenvalue weighted by Crippen LogP contribution is -2.26. The van der Waals surface area contributed by atoms with Crippen LogP contribution in [0, 0.1) is 3.57 Å². The van der Waals surface area contributed by atoms with Gasteiger partial charge < -0.3 is 14.6 Å². The summed E-state index contributed by atoms with van der Waals surface area (Å²) in [5.41, 5.74) is 3.20. The number of nitrogens with one attached hydrogen (secondary N) is 1. The Bertz CT molecular complexity index is 1030. The molecule has 0 aliphatic carbocycles. The van der Waals surface area contributed by atoms with Gasteiger partial charge in [-0.1, -0.05) is 18.2 Å². The van der Waals surface area contributed by atoms with Crippen LogP contribution in [-0.2, 0) is 11.3 Å². The molecule has 2 aromatic carbocycles. The van der Waals surface area contributed by atoms with E-state index in [0.717, 1.165) is 20.5 Å². The van der Waals surface area contributed by atoms with E-state index >= 15 is 0 Å². The molecule has 1 N–H and O–H groups in total. The zero-order valence-electron chi connectivity index (χ0n) is 15.0. The molecular weight excluding hydrogens is 469 g/mol. The topological polar surface area (TPSA) is 63.6 Å². The van der Waals surface area contributed by atoms with E-state index in [4.69, 9.17) is 4.74 Å². The van der Waals surface area contributed by atoms with Gasteiger partial charge in [-0.05, 0) is 70.6 Å². The predicted molar refractivity (Wildman–Crippen MR) is 115 cm³/mol. The lowest BCUT2D eigenvalue weighted by atomic mass is 10.2. The molecule has 0 saturated carbocycles. The molecule has 142 valence electrons. The predicted octanol–water partition coefficient (Wildman–Crippen LogP) is 3.97. The van der Waals surface area contributed by atoms with Crippen LogP contribution in [0.1, 0.15) is 16.1 Å². The van der Waals surface area contributed by atoms with Gasteiger partial charge in [-0.25, -0.2) is 4.79 Å². The zero-order valence-corrected chi connectivity index (χ0v) is 17.1. The second kappa shape index (κ2) is 8.05. The van der Waals surface area contributed by atoms with Crippen molar-refractivity contribution in [3.05, 3.63) is 81.7 Å². The van der Waals surface area contributed by atoms with Gasteiger partial charge in [-0.3, -0.25) is 9.69 Å². The van der Waals surface area contributed by atoms with Crippen LogP contribution in [-0.4, -0.2) is 29.7 Å². The summed E-state index contributed by atoms with van der Waals surface area (Å²) in [6.07, 6.45) is 1.54. The molecule has 3 aromatic rings. The Morgan fingerprint density at radius 3 is 2.68 bits per heavy atom. The summed E-state index contributed by atoms with van der Waals surface area (Å²) < 4.78 is 7.96. The fourth-order valence-electron chi connectivity index (χ4n) is 3.15. The first-order valence-electron chi connectivity index (χ1n) is 8.86. The van der Waals surface area contributed by atoms with Crippen LogP contribution in [0.4, 0.5) is 10.5 Å². The van der Waals surface area contributed by atoms with Crippen LogP contribution >= 0.6 is 22.6 Å². The summed E-state index contributed by atoms with van der Waals surface area (Å²) in [4.78, 5) is 26.1. The molecule has 0 bridgehead atoms. The highest BCUT2D eigenvalue weighted by Crippen LogP contribution is 2.20. The molecule has 1 aromatic heterocycles. The number of amides is 2. The molecule has 6 nitrogen and oxygen atoms in total. The SMILES string of the molecule is O=C(NCc1cccc(N2CCOC2=O)c1)c1cccn1-c1cccc(I)c1. The lowest BCUT2D eigenvalue weighted by Gasteiger charge is -2.14. The fraction of sp³-hybridized carbons (Fsp3) is 0.143. The Morgan fingerprint density at radius 2 is 1.89 bits per heavy atom. The largest absolute Gasteiger partial charge is 0.447 e. The van der Waals surface area contributed by atoms with Crippen LogP contribution in [0.15, 0.2) is 66.9 Å². The molecule has 1 fully saturated rings. The number of aromatic nitrogens is 1. The smallest absolute Gasteiger partial charge is 0.414 e. The number of ether oxygens (including phenoxy) is 1. The molecule has 0 radical (unpaired) electrons. The van der Waals surface area contributed by atoms with Gasteiger partial charge in [0.2, 0.25) is 0 Å². The summed E-state index contributed by atoms with van der Waals surface area (Å²) >= 11 is 2.25. The van der Waals surface area contributed by atoms with E-state index < -0.39 is 0 Å². The number of carbonyl (C=O) groups is 2. The van der Waals surface area contributed by atoms with Crippen molar-refractivity contribution < 1.29 is 14.3 Å². The normalized spacial score (nSPS) is 13.5. The maximum Gasteiger partial charge on any atom is 0.414 e. The monoisotopic (exact) mass is 487 g/mol. The third-order valence-electron chi connectivity index (χ3n) is 4.50. The van der Waals surface area contributed by atoms with Gasteiger partial charge in [0.25, 0.3) is 5.91 Å². The van der Waals surface area contributed by atoms with Crippen molar-refractivity contribution in [2.75, 3.05) is 18.1 Å². The second-order valence-electron chi connectivity index (χ2n) is 6.36. The van der Waals surface area contributed by atoms with Crippen molar-refractivity contribution in [1.29, 1.82) is 0 Å². The van der Waals surface area contributed by atoms with E-state index in [2.05, 4.69) is 27.9 Å². The van der Waals surface area contributed by atoms with Gasteiger partial charge in [0.1, 0.15) is 12.3 Å². The highest BCUT2D eigenvalue weighted by Gasteiger charge is 2.23. The third kappa shape index (κ3) is 3.89. The quantitative estimate of drug-likeness (QED) is 0.555. The van der Waals surface area contributed by atoms with Crippen LogP contribution in [0.5, 0.6) is 0 Å². The number of hydrogen-bond donors (Lipinski definition) is 1. The van der Waals surface area contributed by atoms with E-state index in [1.165, 1.54) is 0 Å². The average molecular weight is 487 g/mol. The van der Waals surface area contributed by atoms with Gasteiger partial charge >= 0.3 is 6.09 Å². The average Bonchev–Trinajstić information content (AvgIpc) is 3.35. The van der Waals surface area contributed by atoms with Crippen molar-refractivity contribution in [2.45, 2.75) is 6.54 Å². The molecule has 28 heavy (non-hydrogen) atoms. The van der Waals surface area contributed by atoms with Gasteiger partial charge in [-0.15, -0.1) is 0 Å². The van der Waals surface area contributed by atoms with Crippen LogP contribution in [0.3, 0.4) is 0 Å². The molecule has 1 aliphatic rings. The highest BCUT2D eigenvalue weighted by molar-refractivity contribution is 14.1. The molecule has 1 aliphatic heterocycles. The number of nitrogens with zero attached hydrogens (tertiary/aromatic N) is 2. The minimum atomic E-state index is -0.337. The molecule has 4 rings (SSSR count). The Kier molecular flexibility index (Phi) is 5.34. The van der Waals surface area contributed by atoms with Crippen molar-refractivity contribution in [3.63, 3.8) is 0 Å². The van der Waals surface area contributed by atoms with Gasteiger partial charge in [0.05, 0.1) is 6.54 Å². The Labute approximate surface area is 176 Å². The van der Waals surface area contributed by atoms with E-state index in [9.17, 15) is 9.59 Å². The first-order chi connectivity index (χ1) is 13.6. The van der Waals surface area contributed by atoms with E-state index in [0.29, 0.717) is 25.4 Å². The number of anilines is 1. The number of hydrogen-bond acceptors (Lipinski definition) is 3. The molecule has 1 saturated heterocycles. The number of cyclic esters (lactones) is 1. The van der Waals surface area contributed by atoms with Crippen molar-refractivity contribution in [3.8, 4) is 5.69 Å². The summed E-state index contributed by atoms with van der Waals surface area (Å²) in [6, 6.07) is 19.2. The maximum absolute atomic E-state index is 12.7. The molecule has 2 amide bonds. The molecule has 0 spiro atoms. The summed E-state index contributed by atoms with van der Waals surface area (Å²) in [6.45, 7) is 1.31. The minimum absolute atomic E-state index is 0.158. The van der Waals surface area contributed by atoms with Gasteiger partial charge in [0.15, 0.2) is 0 Å². The van der Waals surface area contributed by atoms with Crippen molar-refractivity contribution in [1.82, 2.24) is 9.88 Å². The standard InChI is InChI=1S/C21H18IN3O3/c22-16-5-2-7-18(13-16)24-9-3-8-19(24)20(26)23-14-15-4-1-6-17(12-15)25-10-11-28-21(25)27/h1-9,12-13H,10-11,14H2,(H,23,26). The summed E-state index contributed by atoms with van der Waals surface area (Å²) in [5, 5.41) is 2.96. The highest BCUT2D eigenvalue weighted by atomic mass is 127. The van der Waals surface area contributed by atoms with Crippen LogP contribution in [0.25, 0.3) is 5.69 Å². The van der Waals surface area contributed by atoms with Crippen molar-refractivity contribution >= 4 is 40.3 Å². The number of benzene rings is 2. The Hall–Kier alpha value is -2.81. The van der Waals surface area contributed by atoms with E-state index in [1.54, 1.807) is 11.0 Å². The first kappa shape index (κ1) is 18.5. The molecule has 0 atom stereocenters. The lowest BCUT2D eigenvalue weighted by molar-refractivity contribution is 0.0944. The molecule has 0 unspecified atom stereocenters. The fourth-order valence-corrected chi connectivity index (χ4v) is 3.68. The maximum atomic E-state index is 12.7. The van der Waals surface area contributed by atoms with E-state index in [1.807, 2.05) is 65.4 Å². The molecule has 7 heteroatoms. The Morgan fingerprint density at radius 1 is 1.07 bits per heavy atom. The number of halogens is 1. The van der Waals surface area contributed by atoms with Crippen LogP contribution in [0.2, 0.25) is 0 Å². The van der Waals surface area contributed by atoms with Crippen molar-refractivity contribution in [2.24, 2.45) is 0 Å². The zero-order chi connectivity index (χ0) is 19.5. The number of carbonyl (C=O) groups excluding carboxylic acids is 2. The third-order valence-corrected chi connectivity index (χ3v) is 5.17. The first-order valence-corrected chi connectivity index (χ1v) is 9.94. The Balaban J connectivity index is 1.47. The number of rotatable bonds is 5. The molecular formula is C21H18IN3O3. The summed E-state index contributed by atoms with van der Waals surface area (Å²) in [7, 11) is 0. The van der Waals surface area contributed by atoms with Crippen LogP contribution < -0.4 is 10.2 Å². The molecule has 2 heterocycles. The van der Waals surface area contributed by atoms with Gasteiger partial charge in [-0.2, -0.15) is 0 Å². The minimum Gasteiger partial charge on any atom is -0.447 e. The summed E-state index contributed by atoms with van der Waals surface area (Å²) in [5.74, 6) is -0.158.